The summed E-state index contributed by atoms with van der Waals surface area (Å²) in [4.78, 5) is 4.48. The third-order valence-corrected chi connectivity index (χ3v) is 3.39. The zero-order valence-corrected chi connectivity index (χ0v) is 11.3. The molecule has 0 amide bonds. The Kier molecular flexibility index (Phi) is 4.69. The maximum atomic E-state index is 5.60. The topological polar surface area (TPSA) is 43.4 Å². The van der Waals surface area contributed by atoms with E-state index in [9.17, 15) is 0 Å². The number of rotatable bonds is 6. The minimum Gasteiger partial charge on any atom is -0.377 e. The molecule has 1 aromatic heterocycles. The fourth-order valence-corrected chi connectivity index (χ4v) is 2.41. The fraction of sp³-hybridized carbons (Fsp3) is 0.643. The lowest BCUT2D eigenvalue weighted by Crippen LogP contribution is -2.59. The SMILES string of the molecule is CCOC1CC(NCc2cccc(C)n2)C1OC. The summed E-state index contributed by atoms with van der Waals surface area (Å²) >= 11 is 0. The number of hydrogen-bond donors (Lipinski definition) is 1. The molecule has 18 heavy (non-hydrogen) atoms. The van der Waals surface area contributed by atoms with Crippen molar-refractivity contribution < 1.29 is 9.47 Å². The molecular formula is C14H22N2O2. The summed E-state index contributed by atoms with van der Waals surface area (Å²) in [6.07, 6.45) is 1.41. The number of hydrogen-bond acceptors (Lipinski definition) is 4. The van der Waals surface area contributed by atoms with Crippen molar-refractivity contribution in [2.24, 2.45) is 0 Å². The Morgan fingerprint density at radius 3 is 2.94 bits per heavy atom. The van der Waals surface area contributed by atoms with Gasteiger partial charge in [-0.3, -0.25) is 4.98 Å². The van der Waals surface area contributed by atoms with Gasteiger partial charge in [-0.1, -0.05) is 6.07 Å². The standard InChI is InChI=1S/C14H22N2O2/c1-4-18-13-8-12(14(13)17-3)15-9-11-7-5-6-10(2)16-11/h5-7,12-15H,4,8-9H2,1-3H3. The average Bonchev–Trinajstić information content (AvgIpc) is 2.33. The van der Waals surface area contributed by atoms with Crippen molar-refractivity contribution in [2.75, 3.05) is 13.7 Å². The van der Waals surface area contributed by atoms with E-state index >= 15 is 0 Å². The quantitative estimate of drug-likeness (QED) is 0.834. The first-order chi connectivity index (χ1) is 8.74. The van der Waals surface area contributed by atoms with Crippen molar-refractivity contribution in [2.45, 2.75) is 45.1 Å². The van der Waals surface area contributed by atoms with Gasteiger partial charge in [0, 0.05) is 32.0 Å². The van der Waals surface area contributed by atoms with Crippen LogP contribution in [-0.4, -0.2) is 37.0 Å². The van der Waals surface area contributed by atoms with Gasteiger partial charge in [-0.15, -0.1) is 0 Å². The Morgan fingerprint density at radius 2 is 2.28 bits per heavy atom. The van der Waals surface area contributed by atoms with E-state index in [4.69, 9.17) is 9.47 Å². The molecule has 1 saturated carbocycles. The van der Waals surface area contributed by atoms with Crippen LogP contribution in [0.2, 0.25) is 0 Å². The van der Waals surface area contributed by atoms with Crippen molar-refractivity contribution in [1.82, 2.24) is 10.3 Å². The Morgan fingerprint density at radius 1 is 1.44 bits per heavy atom. The average molecular weight is 250 g/mol. The molecule has 0 radical (unpaired) electrons. The Balaban J connectivity index is 1.81. The van der Waals surface area contributed by atoms with Crippen molar-refractivity contribution in [3.05, 3.63) is 29.6 Å². The minimum absolute atomic E-state index is 0.162. The first kappa shape index (κ1) is 13.5. The Labute approximate surface area is 109 Å². The molecule has 0 saturated heterocycles. The zero-order valence-electron chi connectivity index (χ0n) is 11.3. The summed E-state index contributed by atoms with van der Waals surface area (Å²) in [5, 5.41) is 3.48. The van der Waals surface area contributed by atoms with Gasteiger partial charge >= 0.3 is 0 Å². The highest BCUT2D eigenvalue weighted by Crippen LogP contribution is 2.27. The third kappa shape index (κ3) is 3.07. The summed E-state index contributed by atoms with van der Waals surface area (Å²) in [5.41, 5.74) is 2.13. The van der Waals surface area contributed by atoms with E-state index in [1.165, 1.54) is 0 Å². The van der Waals surface area contributed by atoms with Gasteiger partial charge in [0.15, 0.2) is 0 Å². The van der Waals surface area contributed by atoms with E-state index < -0.39 is 0 Å². The van der Waals surface area contributed by atoms with Crippen LogP contribution < -0.4 is 5.32 Å². The van der Waals surface area contributed by atoms with Crippen LogP contribution in [0.25, 0.3) is 0 Å². The second-order valence-electron chi connectivity index (χ2n) is 4.69. The van der Waals surface area contributed by atoms with Crippen LogP contribution in [0.15, 0.2) is 18.2 Å². The number of nitrogens with one attached hydrogen (secondary N) is 1. The summed E-state index contributed by atoms with van der Waals surface area (Å²) in [6.45, 7) is 5.56. The number of aromatic nitrogens is 1. The van der Waals surface area contributed by atoms with Crippen molar-refractivity contribution in [3.63, 3.8) is 0 Å². The van der Waals surface area contributed by atoms with Crippen molar-refractivity contribution in [1.29, 1.82) is 0 Å². The van der Waals surface area contributed by atoms with Gasteiger partial charge in [-0.2, -0.15) is 0 Å². The Bertz CT molecular complexity index is 384. The highest BCUT2D eigenvalue weighted by molar-refractivity contribution is 5.10. The predicted molar refractivity (Wildman–Crippen MR) is 70.4 cm³/mol. The maximum Gasteiger partial charge on any atom is 0.0986 e. The highest BCUT2D eigenvalue weighted by atomic mass is 16.5. The summed E-state index contributed by atoms with van der Waals surface area (Å²) in [5.74, 6) is 0. The molecule has 2 rings (SSSR count). The Hall–Kier alpha value is -0.970. The molecule has 0 aromatic carbocycles. The van der Waals surface area contributed by atoms with E-state index in [-0.39, 0.29) is 12.2 Å². The lowest BCUT2D eigenvalue weighted by molar-refractivity contribution is -0.131. The van der Waals surface area contributed by atoms with Gasteiger partial charge < -0.3 is 14.8 Å². The molecular weight excluding hydrogens is 228 g/mol. The molecule has 1 heterocycles. The van der Waals surface area contributed by atoms with E-state index in [0.29, 0.717) is 6.04 Å². The van der Waals surface area contributed by atoms with Gasteiger partial charge in [0.1, 0.15) is 0 Å². The van der Waals surface area contributed by atoms with Crippen LogP contribution in [0.1, 0.15) is 24.7 Å². The molecule has 4 heteroatoms. The molecule has 0 spiro atoms. The molecule has 1 aliphatic rings. The molecule has 0 aliphatic heterocycles. The molecule has 1 N–H and O–H groups in total. The molecule has 1 aliphatic carbocycles. The first-order valence-electron chi connectivity index (χ1n) is 6.55. The second kappa shape index (κ2) is 6.27. The molecule has 3 unspecified atom stereocenters. The lowest BCUT2D eigenvalue weighted by Gasteiger charge is -2.43. The van der Waals surface area contributed by atoms with Gasteiger partial charge in [0.2, 0.25) is 0 Å². The maximum absolute atomic E-state index is 5.60. The van der Waals surface area contributed by atoms with Crippen molar-refractivity contribution in [3.8, 4) is 0 Å². The van der Waals surface area contributed by atoms with Gasteiger partial charge in [-0.05, 0) is 32.4 Å². The smallest absolute Gasteiger partial charge is 0.0986 e. The van der Waals surface area contributed by atoms with Gasteiger partial charge in [0.25, 0.3) is 0 Å². The summed E-state index contributed by atoms with van der Waals surface area (Å²) in [6, 6.07) is 6.46. The largest absolute Gasteiger partial charge is 0.377 e. The predicted octanol–water partition coefficient (Wildman–Crippen LogP) is 1.67. The number of nitrogens with zero attached hydrogens (tertiary/aromatic N) is 1. The van der Waals surface area contributed by atoms with Crippen molar-refractivity contribution >= 4 is 0 Å². The van der Waals surface area contributed by atoms with Crippen LogP contribution in [0.3, 0.4) is 0 Å². The second-order valence-corrected chi connectivity index (χ2v) is 4.69. The minimum atomic E-state index is 0.162. The molecule has 1 fully saturated rings. The number of pyridine rings is 1. The van der Waals surface area contributed by atoms with E-state index in [2.05, 4.69) is 10.3 Å². The lowest BCUT2D eigenvalue weighted by atomic mass is 9.85. The number of aryl methyl sites for hydroxylation is 1. The number of ether oxygens (including phenoxy) is 2. The van der Waals surface area contributed by atoms with Gasteiger partial charge in [0.05, 0.1) is 17.9 Å². The van der Waals surface area contributed by atoms with Crippen LogP contribution in [0.5, 0.6) is 0 Å². The third-order valence-electron chi connectivity index (χ3n) is 3.39. The van der Waals surface area contributed by atoms with Gasteiger partial charge in [-0.25, -0.2) is 0 Å². The molecule has 3 atom stereocenters. The van der Waals surface area contributed by atoms with E-state index in [0.717, 1.165) is 31.0 Å². The van der Waals surface area contributed by atoms with E-state index in [1.807, 2.05) is 32.0 Å². The van der Waals surface area contributed by atoms with Crippen LogP contribution >= 0.6 is 0 Å². The molecule has 100 valence electrons. The normalized spacial score (nSPS) is 26.9. The van der Waals surface area contributed by atoms with E-state index in [1.54, 1.807) is 7.11 Å². The summed E-state index contributed by atoms with van der Waals surface area (Å²) in [7, 11) is 1.75. The monoisotopic (exact) mass is 250 g/mol. The first-order valence-corrected chi connectivity index (χ1v) is 6.55. The fourth-order valence-electron chi connectivity index (χ4n) is 2.41. The molecule has 1 aromatic rings. The molecule has 4 nitrogen and oxygen atoms in total. The molecule has 0 bridgehead atoms. The highest BCUT2D eigenvalue weighted by Gasteiger charge is 2.41. The summed E-state index contributed by atoms with van der Waals surface area (Å²) < 4.78 is 11.1. The number of methoxy groups -OCH3 is 1. The van der Waals surface area contributed by atoms with Crippen LogP contribution in [-0.2, 0) is 16.0 Å². The zero-order chi connectivity index (χ0) is 13.0. The van der Waals surface area contributed by atoms with Crippen LogP contribution in [0.4, 0.5) is 0 Å². The van der Waals surface area contributed by atoms with Crippen LogP contribution in [0, 0.1) is 6.92 Å².